The molecule has 0 aliphatic carbocycles. The van der Waals surface area contributed by atoms with Gasteiger partial charge < -0.3 is 11.1 Å². The van der Waals surface area contributed by atoms with E-state index in [-0.39, 0.29) is 10.8 Å². The Balaban J connectivity index is 2.21. The summed E-state index contributed by atoms with van der Waals surface area (Å²) in [6.45, 7) is 1.80. The van der Waals surface area contributed by atoms with Gasteiger partial charge in [0.05, 0.1) is 4.90 Å². The number of sulfonamides is 1. The van der Waals surface area contributed by atoms with Gasteiger partial charge in [-0.05, 0) is 31.0 Å². The van der Waals surface area contributed by atoms with E-state index in [4.69, 9.17) is 5.73 Å². The molecule has 0 bridgehead atoms. The molecule has 0 aromatic heterocycles. The van der Waals surface area contributed by atoms with Crippen LogP contribution in [0.4, 0.5) is 0 Å². The van der Waals surface area contributed by atoms with Gasteiger partial charge in [-0.3, -0.25) is 4.79 Å². The van der Waals surface area contributed by atoms with Crippen molar-refractivity contribution < 1.29 is 13.2 Å². The van der Waals surface area contributed by atoms with Crippen LogP contribution in [0.5, 0.6) is 0 Å². The van der Waals surface area contributed by atoms with Crippen LogP contribution in [-0.4, -0.2) is 44.8 Å². The predicted octanol–water partition coefficient (Wildman–Crippen LogP) is 0.550. The topological polar surface area (TPSA) is 92.5 Å². The van der Waals surface area contributed by atoms with E-state index in [9.17, 15) is 13.2 Å². The van der Waals surface area contributed by atoms with Crippen LogP contribution in [0.15, 0.2) is 29.2 Å². The van der Waals surface area contributed by atoms with Gasteiger partial charge in [0.25, 0.3) is 5.91 Å². The Morgan fingerprint density at radius 3 is 2.62 bits per heavy atom. The molecule has 3 N–H and O–H groups in total. The Labute approximate surface area is 125 Å². The highest BCUT2D eigenvalue weighted by molar-refractivity contribution is 7.89. The maximum atomic E-state index is 12.6. The fourth-order valence-corrected chi connectivity index (χ4v) is 3.90. The fraction of sp³-hybridized carbons (Fsp3) is 0.500. The van der Waals surface area contributed by atoms with E-state index >= 15 is 0 Å². The molecule has 21 heavy (non-hydrogen) atoms. The molecule has 1 aromatic carbocycles. The lowest BCUT2D eigenvalue weighted by Crippen LogP contribution is -2.35. The lowest BCUT2D eigenvalue weighted by molar-refractivity contribution is 0.0954. The van der Waals surface area contributed by atoms with Gasteiger partial charge in [-0.15, -0.1) is 0 Å². The zero-order chi connectivity index (χ0) is 15.3. The minimum absolute atomic E-state index is 0.171. The molecule has 1 aliphatic rings. The van der Waals surface area contributed by atoms with Crippen molar-refractivity contribution in [3.63, 3.8) is 0 Å². The number of rotatable bonds is 5. The van der Waals surface area contributed by atoms with Crippen LogP contribution in [0.3, 0.4) is 0 Å². The van der Waals surface area contributed by atoms with Crippen molar-refractivity contribution in [3.8, 4) is 0 Å². The molecular weight excluding hydrogens is 290 g/mol. The minimum Gasteiger partial charge on any atom is -0.351 e. The quantitative estimate of drug-likeness (QED) is 0.830. The number of nitrogens with one attached hydrogen (secondary N) is 1. The van der Waals surface area contributed by atoms with E-state index in [2.05, 4.69) is 5.32 Å². The molecule has 0 unspecified atom stereocenters. The van der Waals surface area contributed by atoms with Crippen LogP contribution >= 0.6 is 0 Å². The molecule has 1 aliphatic heterocycles. The maximum absolute atomic E-state index is 12.6. The molecular formula is C14H21N3O3S. The van der Waals surface area contributed by atoms with Crippen molar-refractivity contribution in [1.29, 1.82) is 0 Å². The summed E-state index contributed by atoms with van der Waals surface area (Å²) in [6, 6.07) is 6.15. The first-order chi connectivity index (χ1) is 10.1. The number of carbonyl (C=O) groups excluding carboxylic acids is 1. The van der Waals surface area contributed by atoms with E-state index in [1.165, 1.54) is 16.4 Å². The van der Waals surface area contributed by atoms with E-state index in [0.29, 0.717) is 31.7 Å². The van der Waals surface area contributed by atoms with Crippen molar-refractivity contribution in [2.24, 2.45) is 5.73 Å². The Morgan fingerprint density at radius 2 is 1.95 bits per heavy atom. The van der Waals surface area contributed by atoms with E-state index < -0.39 is 10.0 Å². The maximum Gasteiger partial charge on any atom is 0.251 e. The van der Waals surface area contributed by atoms with Crippen molar-refractivity contribution in [1.82, 2.24) is 9.62 Å². The summed E-state index contributed by atoms with van der Waals surface area (Å²) in [4.78, 5) is 12.1. The molecule has 0 radical (unpaired) electrons. The molecule has 0 atom stereocenters. The summed E-state index contributed by atoms with van der Waals surface area (Å²) < 4.78 is 26.6. The minimum atomic E-state index is -3.51. The number of amides is 1. The highest BCUT2D eigenvalue weighted by atomic mass is 32.2. The van der Waals surface area contributed by atoms with Gasteiger partial charge in [0, 0.05) is 31.7 Å². The van der Waals surface area contributed by atoms with Gasteiger partial charge in [0.15, 0.2) is 0 Å². The number of nitrogens with zero attached hydrogens (tertiary/aromatic N) is 1. The van der Waals surface area contributed by atoms with E-state index in [1.807, 2.05) is 0 Å². The second-order valence-electron chi connectivity index (χ2n) is 5.04. The fourth-order valence-electron chi connectivity index (χ4n) is 2.34. The van der Waals surface area contributed by atoms with Crippen molar-refractivity contribution in [2.75, 3.05) is 26.2 Å². The molecule has 1 saturated heterocycles. The predicted molar refractivity (Wildman–Crippen MR) is 80.4 cm³/mol. The molecule has 6 nitrogen and oxygen atoms in total. The lowest BCUT2D eigenvalue weighted by Gasteiger charge is -2.26. The number of hydrogen-bond donors (Lipinski definition) is 2. The van der Waals surface area contributed by atoms with Gasteiger partial charge in [0.1, 0.15) is 0 Å². The van der Waals surface area contributed by atoms with E-state index in [1.54, 1.807) is 12.1 Å². The third-order valence-electron chi connectivity index (χ3n) is 3.48. The summed E-state index contributed by atoms with van der Waals surface area (Å²) in [6.07, 6.45) is 2.83. The Bertz CT molecular complexity index is 595. The van der Waals surface area contributed by atoms with Crippen LogP contribution in [-0.2, 0) is 10.0 Å². The van der Waals surface area contributed by atoms with Crippen molar-refractivity contribution in [3.05, 3.63) is 29.8 Å². The Morgan fingerprint density at radius 1 is 1.24 bits per heavy atom. The number of carbonyl (C=O) groups is 1. The molecule has 0 saturated carbocycles. The monoisotopic (exact) mass is 311 g/mol. The first-order valence-corrected chi connectivity index (χ1v) is 8.58. The van der Waals surface area contributed by atoms with Gasteiger partial charge in [-0.25, -0.2) is 8.42 Å². The first-order valence-electron chi connectivity index (χ1n) is 7.14. The molecule has 116 valence electrons. The summed E-state index contributed by atoms with van der Waals surface area (Å²) in [7, 11) is -3.51. The Hall–Kier alpha value is -1.44. The highest BCUT2D eigenvalue weighted by Crippen LogP contribution is 2.21. The number of hydrogen-bond acceptors (Lipinski definition) is 4. The standard InChI is InChI=1S/C14H21N3O3S/c15-7-8-16-14(18)12-5-4-6-13(11-12)21(19,20)17-9-2-1-3-10-17/h4-6,11H,1-3,7-10,15H2,(H,16,18). The molecule has 2 rings (SSSR count). The third-order valence-corrected chi connectivity index (χ3v) is 5.37. The second-order valence-corrected chi connectivity index (χ2v) is 6.98. The zero-order valence-electron chi connectivity index (χ0n) is 11.9. The molecule has 7 heteroatoms. The summed E-state index contributed by atoms with van der Waals surface area (Å²) in [5.41, 5.74) is 5.67. The van der Waals surface area contributed by atoms with Gasteiger partial charge >= 0.3 is 0 Å². The SMILES string of the molecule is NCCNC(=O)c1cccc(S(=O)(=O)N2CCCCC2)c1. The summed E-state index contributed by atoms with van der Waals surface area (Å²) in [5.74, 6) is -0.309. The van der Waals surface area contributed by atoms with Gasteiger partial charge in [0.2, 0.25) is 10.0 Å². The van der Waals surface area contributed by atoms with Gasteiger partial charge in [-0.1, -0.05) is 12.5 Å². The molecule has 1 amide bonds. The van der Waals surface area contributed by atoms with Crippen molar-refractivity contribution in [2.45, 2.75) is 24.2 Å². The van der Waals surface area contributed by atoms with Crippen LogP contribution in [0.1, 0.15) is 29.6 Å². The average Bonchev–Trinajstić information content (AvgIpc) is 2.53. The van der Waals surface area contributed by atoms with E-state index in [0.717, 1.165) is 19.3 Å². The lowest BCUT2D eigenvalue weighted by atomic mass is 10.2. The normalized spacial score (nSPS) is 16.6. The zero-order valence-corrected chi connectivity index (χ0v) is 12.7. The number of benzene rings is 1. The van der Waals surface area contributed by atoms with Crippen molar-refractivity contribution >= 4 is 15.9 Å². The number of nitrogens with two attached hydrogens (primary N) is 1. The largest absolute Gasteiger partial charge is 0.351 e. The number of piperidine rings is 1. The first kappa shape index (κ1) is 15.9. The summed E-state index contributed by atoms with van der Waals surface area (Å²) >= 11 is 0. The Kier molecular flexibility index (Phi) is 5.33. The summed E-state index contributed by atoms with van der Waals surface area (Å²) in [5, 5.41) is 2.63. The van der Waals surface area contributed by atoms with Crippen LogP contribution in [0.2, 0.25) is 0 Å². The molecule has 0 spiro atoms. The smallest absolute Gasteiger partial charge is 0.251 e. The second kappa shape index (κ2) is 7.02. The molecule has 1 aromatic rings. The van der Waals surface area contributed by atoms with Crippen LogP contribution in [0.25, 0.3) is 0 Å². The average molecular weight is 311 g/mol. The third kappa shape index (κ3) is 3.81. The molecule has 1 fully saturated rings. The van der Waals surface area contributed by atoms with Gasteiger partial charge in [-0.2, -0.15) is 4.31 Å². The van der Waals surface area contributed by atoms with Crippen LogP contribution in [0, 0.1) is 0 Å². The molecule has 1 heterocycles. The highest BCUT2D eigenvalue weighted by Gasteiger charge is 2.26. The van der Waals surface area contributed by atoms with Crippen LogP contribution < -0.4 is 11.1 Å².